The number of aromatic amines is 1. The quantitative estimate of drug-likeness (QED) is 0.735. The molecule has 4 heterocycles. The van der Waals surface area contributed by atoms with Crippen molar-refractivity contribution in [1.29, 1.82) is 0 Å². The second-order valence-electron chi connectivity index (χ2n) is 6.13. The van der Waals surface area contributed by atoms with E-state index < -0.39 is 23.3 Å². The van der Waals surface area contributed by atoms with E-state index in [1.54, 1.807) is 30.6 Å². The molecule has 8 heteroatoms. The minimum absolute atomic E-state index is 0.00867. The lowest BCUT2D eigenvalue weighted by Gasteiger charge is -2.16. The SMILES string of the molecule is O=C1NC(=O)[C@@H]2CN(C(=O)c3ccc(-c4ccncc4)[nH]c3=O)C[C@H]12. The van der Waals surface area contributed by atoms with E-state index in [4.69, 9.17) is 0 Å². The van der Waals surface area contributed by atoms with Gasteiger partial charge in [-0.25, -0.2) is 0 Å². The van der Waals surface area contributed by atoms with E-state index in [-0.39, 0.29) is 30.5 Å². The van der Waals surface area contributed by atoms with Crippen molar-refractivity contribution in [2.24, 2.45) is 11.8 Å². The zero-order valence-corrected chi connectivity index (χ0v) is 13.1. The summed E-state index contributed by atoms with van der Waals surface area (Å²) in [6, 6.07) is 6.61. The summed E-state index contributed by atoms with van der Waals surface area (Å²) in [6.07, 6.45) is 3.22. The molecule has 0 aromatic carbocycles. The van der Waals surface area contributed by atoms with Crippen LogP contribution >= 0.6 is 0 Å². The van der Waals surface area contributed by atoms with E-state index in [1.807, 2.05) is 0 Å². The summed E-state index contributed by atoms with van der Waals surface area (Å²) in [5.41, 5.74) is 0.846. The van der Waals surface area contributed by atoms with Gasteiger partial charge in [0, 0.05) is 36.7 Å². The van der Waals surface area contributed by atoms with Crippen LogP contribution in [0.4, 0.5) is 0 Å². The molecule has 3 amide bonds. The first kappa shape index (κ1) is 15.3. The first-order valence-corrected chi connectivity index (χ1v) is 7.82. The predicted octanol–water partition coefficient (Wildman–Crippen LogP) is -0.219. The fourth-order valence-electron chi connectivity index (χ4n) is 3.32. The van der Waals surface area contributed by atoms with Gasteiger partial charge < -0.3 is 9.88 Å². The maximum absolute atomic E-state index is 12.6. The Bertz CT molecular complexity index is 915. The van der Waals surface area contributed by atoms with Gasteiger partial charge in [-0.1, -0.05) is 0 Å². The van der Waals surface area contributed by atoms with Crippen LogP contribution in [0.15, 0.2) is 41.5 Å². The standard InChI is InChI=1S/C17H14N4O4/c22-14-10(1-2-13(19-14)9-3-5-18-6-4-9)17(25)21-7-11-12(8-21)16(24)20-15(11)23/h1-6,11-12H,7-8H2,(H,19,22)(H,20,23,24)/t11-,12+. The lowest BCUT2D eigenvalue weighted by atomic mass is 10.00. The highest BCUT2D eigenvalue weighted by atomic mass is 16.2. The van der Waals surface area contributed by atoms with Crippen molar-refractivity contribution in [2.45, 2.75) is 0 Å². The number of carbonyl (C=O) groups excluding carboxylic acids is 3. The zero-order chi connectivity index (χ0) is 17.6. The molecule has 2 aromatic heterocycles. The molecule has 0 radical (unpaired) electrons. The Morgan fingerprint density at radius 1 is 1.00 bits per heavy atom. The second-order valence-corrected chi connectivity index (χ2v) is 6.13. The molecule has 25 heavy (non-hydrogen) atoms. The lowest BCUT2D eigenvalue weighted by molar-refractivity contribution is -0.126. The third kappa shape index (κ3) is 2.51. The number of pyridine rings is 2. The normalized spacial score (nSPS) is 22.0. The van der Waals surface area contributed by atoms with Crippen molar-refractivity contribution in [3.8, 4) is 11.3 Å². The van der Waals surface area contributed by atoms with Crippen molar-refractivity contribution in [3.63, 3.8) is 0 Å². The number of rotatable bonds is 2. The third-order valence-electron chi connectivity index (χ3n) is 4.66. The Morgan fingerprint density at radius 3 is 2.24 bits per heavy atom. The molecule has 0 spiro atoms. The number of carbonyl (C=O) groups is 3. The van der Waals surface area contributed by atoms with Gasteiger partial charge in [0.1, 0.15) is 5.56 Å². The number of likely N-dealkylation sites (tertiary alicyclic amines) is 1. The fraction of sp³-hybridized carbons (Fsp3) is 0.235. The van der Waals surface area contributed by atoms with Gasteiger partial charge in [0.2, 0.25) is 11.8 Å². The zero-order valence-electron chi connectivity index (χ0n) is 13.1. The summed E-state index contributed by atoms with van der Waals surface area (Å²) in [5, 5.41) is 2.27. The van der Waals surface area contributed by atoms with Gasteiger partial charge in [0.25, 0.3) is 11.5 Å². The van der Waals surface area contributed by atoms with Crippen molar-refractivity contribution < 1.29 is 14.4 Å². The summed E-state index contributed by atoms with van der Waals surface area (Å²) in [5.74, 6) is -2.23. The van der Waals surface area contributed by atoms with Gasteiger partial charge >= 0.3 is 0 Å². The average Bonchev–Trinajstić information content (AvgIpc) is 3.17. The van der Waals surface area contributed by atoms with Crippen LogP contribution in [0.25, 0.3) is 11.3 Å². The van der Waals surface area contributed by atoms with E-state index in [2.05, 4.69) is 15.3 Å². The van der Waals surface area contributed by atoms with Crippen LogP contribution in [-0.4, -0.2) is 45.7 Å². The molecule has 2 aromatic rings. The Labute approximate surface area is 141 Å². The van der Waals surface area contributed by atoms with E-state index >= 15 is 0 Å². The molecule has 2 aliphatic heterocycles. The lowest BCUT2D eigenvalue weighted by Crippen LogP contribution is -2.37. The highest BCUT2D eigenvalue weighted by molar-refractivity contribution is 6.07. The van der Waals surface area contributed by atoms with Gasteiger partial charge in [0.15, 0.2) is 0 Å². The van der Waals surface area contributed by atoms with Gasteiger partial charge in [-0.15, -0.1) is 0 Å². The second kappa shape index (κ2) is 5.66. The molecule has 126 valence electrons. The number of hydrogen-bond acceptors (Lipinski definition) is 5. The highest BCUT2D eigenvalue weighted by Crippen LogP contribution is 2.29. The molecule has 2 fully saturated rings. The molecule has 0 saturated carbocycles. The van der Waals surface area contributed by atoms with E-state index in [0.717, 1.165) is 5.56 Å². The molecule has 2 saturated heterocycles. The molecule has 0 unspecified atom stereocenters. The Morgan fingerprint density at radius 2 is 1.64 bits per heavy atom. The van der Waals surface area contributed by atoms with Crippen LogP contribution in [0.5, 0.6) is 0 Å². The van der Waals surface area contributed by atoms with Crippen molar-refractivity contribution in [1.82, 2.24) is 20.2 Å². The van der Waals surface area contributed by atoms with Crippen LogP contribution in [0.3, 0.4) is 0 Å². The number of hydrogen-bond donors (Lipinski definition) is 2. The molecule has 0 bridgehead atoms. The largest absolute Gasteiger partial charge is 0.337 e. The summed E-state index contributed by atoms with van der Waals surface area (Å²) in [6.45, 7) is 0.291. The summed E-state index contributed by atoms with van der Waals surface area (Å²) in [4.78, 5) is 56.3. The van der Waals surface area contributed by atoms with Crippen LogP contribution < -0.4 is 10.9 Å². The maximum atomic E-state index is 12.6. The number of fused-ring (bicyclic) bond motifs is 1. The Kier molecular flexibility index (Phi) is 3.45. The van der Waals surface area contributed by atoms with Crippen LogP contribution in [0, 0.1) is 11.8 Å². The average molecular weight is 338 g/mol. The van der Waals surface area contributed by atoms with Gasteiger partial charge in [-0.2, -0.15) is 0 Å². The van der Waals surface area contributed by atoms with Gasteiger partial charge in [0.05, 0.1) is 11.8 Å². The van der Waals surface area contributed by atoms with Gasteiger partial charge in [-0.3, -0.25) is 29.5 Å². The monoisotopic (exact) mass is 338 g/mol. The smallest absolute Gasteiger partial charge is 0.261 e. The number of aromatic nitrogens is 2. The van der Waals surface area contributed by atoms with Crippen LogP contribution in [0.1, 0.15) is 10.4 Å². The molecular formula is C17H14N4O4. The minimum atomic E-state index is -0.522. The number of nitrogens with one attached hydrogen (secondary N) is 2. The number of imide groups is 1. The van der Waals surface area contributed by atoms with E-state index in [1.165, 1.54) is 11.0 Å². The molecule has 8 nitrogen and oxygen atoms in total. The number of nitrogens with zero attached hydrogens (tertiary/aromatic N) is 2. The maximum Gasteiger partial charge on any atom is 0.261 e. The molecular weight excluding hydrogens is 324 g/mol. The molecule has 2 N–H and O–H groups in total. The molecule has 4 rings (SSSR count). The molecule has 2 aliphatic rings. The van der Waals surface area contributed by atoms with E-state index in [9.17, 15) is 19.2 Å². The molecule has 2 atom stereocenters. The summed E-state index contributed by atoms with van der Waals surface area (Å²) >= 11 is 0. The minimum Gasteiger partial charge on any atom is -0.337 e. The number of H-pyrrole nitrogens is 1. The Hall–Kier alpha value is -3.29. The van der Waals surface area contributed by atoms with Crippen LogP contribution in [0.2, 0.25) is 0 Å². The topological polar surface area (TPSA) is 112 Å². The first-order chi connectivity index (χ1) is 12.0. The molecule has 0 aliphatic carbocycles. The van der Waals surface area contributed by atoms with E-state index in [0.29, 0.717) is 5.69 Å². The summed E-state index contributed by atoms with van der Waals surface area (Å²) < 4.78 is 0. The third-order valence-corrected chi connectivity index (χ3v) is 4.66. The van der Waals surface area contributed by atoms with Gasteiger partial charge in [-0.05, 0) is 24.3 Å². The van der Waals surface area contributed by atoms with Crippen molar-refractivity contribution in [2.75, 3.05) is 13.1 Å². The predicted molar refractivity (Wildman–Crippen MR) is 86.3 cm³/mol. The summed E-state index contributed by atoms with van der Waals surface area (Å²) in [7, 11) is 0. The highest BCUT2D eigenvalue weighted by Gasteiger charge is 2.49. The van der Waals surface area contributed by atoms with Crippen molar-refractivity contribution >= 4 is 17.7 Å². The number of amides is 3. The van der Waals surface area contributed by atoms with Crippen molar-refractivity contribution in [3.05, 3.63) is 52.6 Å². The first-order valence-electron chi connectivity index (χ1n) is 7.82. The Balaban J connectivity index is 1.58. The fourth-order valence-corrected chi connectivity index (χ4v) is 3.32. The van der Waals surface area contributed by atoms with Crippen LogP contribution in [-0.2, 0) is 9.59 Å².